The Morgan fingerprint density at radius 2 is 2.00 bits per heavy atom. The molecule has 35 heavy (non-hydrogen) atoms. The molecule has 4 aromatic heterocycles. The number of H-pyrrole nitrogens is 2. The van der Waals surface area contributed by atoms with E-state index in [0.29, 0.717) is 5.82 Å². The van der Waals surface area contributed by atoms with Gasteiger partial charge in [0.25, 0.3) is 0 Å². The number of rotatable bonds is 7. The van der Waals surface area contributed by atoms with Crippen LogP contribution in [0.1, 0.15) is 51.0 Å². The third-order valence-corrected chi connectivity index (χ3v) is 6.64. The highest BCUT2D eigenvalue weighted by Gasteiger charge is 2.15. The van der Waals surface area contributed by atoms with Gasteiger partial charge in [-0.1, -0.05) is 51.3 Å². The molecule has 1 aliphatic carbocycles. The normalized spacial score (nSPS) is 15.6. The number of anilines is 1. The Balaban J connectivity index is 1.40. The van der Waals surface area contributed by atoms with Crippen LogP contribution < -0.4 is 15.9 Å². The van der Waals surface area contributed by atoms with E-state index in [0.717, 1.165) is 62.2 Å². The van der Waals surface area contributed by atoms with E-state index >= 15 is 0 Å². The van der Waals surface area contributed by atoms with Crippen LogP contribution in [0.25, 0.3) is 40.3 Å². The van der Waals surface area contributed by atoms with Crippen molar-refractivity contribution in [2.75, 3.05) is 5.32 Å². The van der Waals surface area contributed by atoms with E-state index in [4.69, 9.17) is 4.98 Å². The molecule has 7 heteroatoms. The SMILES string of the molecule is C=C(CC1CCCCC1)Nc1cncc(C(=C)/C=c2/c(-c3nc4ccncc4[nH]3)n[nH]/c2=C/C)c1. The van der Waals surface area contributed by atoms with Crippen LogP contribution >= 0.6 is 0 Å². The molecular formula is C28H31N7. The monoisotopic (exact) mass is 465 g/mol. The van der Waals surface area contributed by atoms with E-state index in [-0.39, 0.29) is 0 Å². The molecule has 0 unspecified atom stereocenters. The first-order chi connectivity index (χ1) is 17.1. The quantitative estimate of drug-likeness (QED) is 0.360. The van der Waals surface area contributed by atoms with Gasteiger partial charge in [0.05, 0.1) is 34.5 Å². The van der Waals surface area contributed by atoms with Gasteiger partial charge in [-0.15, -0.1) is 0 Å². The van der Waals surface area contributed by atoms with Gasteiger partial charge in [-0.2, -0.15) is 5.10 Å². The largest absolute Gasteiger partial charge is 0.358 e. The van der Waals surface area contributed by atoms with Gasteiger partial charge in [-0.25, -0.2) is 4.98 Å². The Hall–Kier alpha value is -4.00. The Labute approximate surface area is 204 Å². The lowest BCUT2D eigenvalue weighted by Gasteiger charge is -2.22. The number of fused-ring (bicyclic) bond motifs is 1. The topological polar surface area (TPSA) is 95.2 Å². The molecule has 3 N–H and O–H groups in total. The molecule has 0 spiro atoms. The zero-order chi connectivity index (χ0) is 24.2. The summed E-state index contributed by atoms with van der Waals surface area (Å²) in [6, 6.07) is 3.95. The molecular weight excluding hydrogens is 434 g/mol. The van der Waals surface area contributed by atoms with Crippen molar-refractivity contribution in [1.29, 1.82) is 0 Å². The molecule has 4 heterocycles. The van der Waals surface area contributed by atoms with E-state index in [1.165, 1.54) is 32.1 Å². The number of imidazole rings is 1. The molecule has 0 radical (unpaired) electrons. The fraction of sp³-hybridized carbons (Fsp3) is 0.286. The third-order valence-electron chi connectivity index (χ3n) is 6.64. The molecule has 4 aromatic rings. The van der Waals surface area contributed by atoms with Crippen molar-refractivity contribution >= 4 is 34.4 Å². The smallest absolute Gasteiger partial charge is 0.159 e. The van der Waals surface area contributed by atoms with Gasteiger partial charge in [0.1, 0.15) is 5.69 Å². The van der Waals surface area contributed by atoms with Gasteiger partial charge < -0.3 is 10.3 Å². The number of nitrogens with one attached hydrogen (secondary N) is 3. The summed E-state index contributed by atoms with van der Waals surface area (Å²) >= 11 is 0. The van der Waals surface area contributed by atoms with Crippen molar-refractivity contribution in [3.63, 3.8) is 0 Å². The minimum Gasteiger partial charge on any atom is -0.358 e. The standard InChI is InChI=1S/C28H31N7/c1-4-24-23(27(35-34-24)28-32-25-10-11-29-17-26(25)33-28)12-18(2)21-14-22(16-30-15-21)31-19(3)13-20-8-6-5-7-9-20/h4,10-12,14-17,20,31,34H,2-3,5-9,13H2,1H3,(H,32,33)/b23-12+,24-4+. The average Bonchev–Trinajstić information content (AvgIpc) is 3.48. The molecule has 0 bridgehead atoms. The number of pyridine rings is 2. The summed E-state index contributed by atoms with van der Waals surface area (Å²) in [5.74, 6) is 1.42. The van der Waals surface area contributed by atoms with Gasteiger partial charge in [0, 0.05) is 28.9 Å². The molecule has 0 aromatic carbocycles. The second kappa shape index (κ2) is 10.1. The summed E-state index contributed by atoms with van der Waals surface area (Å²) < 4.78 is 0. The summed E-state index contributed by atoms with van der Waals surface area (Å²) in [6.07, 6.45) is 18.8. The Morgan fingerprint density at radius 3 is 2.80 bits per heavy atom. The van der Waals surface area contributed by atoms with Gasteiger partial charge in [0.2, 0.25) is 0 Å². The Kier molecular flexibility index (Phi) is 6.57. The summed E-state index contributed by atoms with van der Waals surface area (Å²) in [6.45, 7) is 10.6. The number of aromatic amines is 2. The lowest BCUT2D eigenvalue weighted by Crippen LogP contribution is -2.23. The van der Waals surface area contributed by atoms with Gasteiger partial charge in [-0.3, -0.25) is 15.1 Å². The van der Waals surface area contributed by atoms with E-state index in [1.807, 2.05) is 37.5 Å². The summed E-state index contributed by atoms with van der Waals surface area (Å²) in [7, 11) is 0. The molecule has 7 nitrogen and oxygen atoms in total. The Morgan fingerprint density at radius 1 is 1.14 bits per heavy atom. The molecule has 1 saturated carbocycles. The van der Waals surface area contributed by atoms with Crippen molar-refractivity contribution in [3.8, 4) is 11.5 Å². The van der Waals surface area contributed by atoms with Gasteiger partial charge in [-0.05, 0) is 43.0 Å². The van der Waals surface area contributed by atoms with Crippen LogP contribution in [0, 0.1) is 5.92 Å². The van der Waals surface area contributed by atoms with Crippen LogP contribution in [-0.4, -0.2) is 30.1 Å². The molecule has 1 aliphatic rings. The fourth-order valence-corrected chi connectivity index (χ4v) is 4.82. The van der Waals surface area contributed by atoms with Crippen molar-refractivity contribution in [3.05, 3.63) is 71.9 Å². The summed E-state index contributed by atoms with van der Waals surface area (Å²) in [4.78, 5) is 16.6. The third kappa shape index (κ3) is 5.09. The van der Waals surface area contributed by atoms with Crippen LogP contribution in [0.15, 0.2) is 55.8 Å². The van der Waals surface area contributed by atoms with E-state index in [1.54, 1.807) is 12.4 Å². The van der Waals surface area contributed by atoms with Crippen molar-refractivity contribution < 1.29 is 0 Å². The predicted molar refractivity (Wildman–Crippen MR) is 143 cm³/mol. The molecule has 1 fully saturated rings. The maximum Gasteiger partial charge on any atom is 0.159 e. The average molecular weight is 466 g/mol. The maximum absolute atomic E-state index is 4.69. The van der Waals surface area contributed by atoms with Crippen molar-refractivity contribution in [1.82, 2.24) is 30.1 Å². The molecule has 0 atom stereocenters. The van der Waals surface area contributed by atoms with E-state index < -0.39 is 0 Å². The first-order valence-corrected chi connectivity index (χ1v) is 12.2. The van der Waals surface area contributed by atoms with E-state index in [2.05, 4.69) is 49.7 Å². The number of aromatic nitrogens is 6. The fourth-order valence-electron chi connectivity index (χ4n) is 4.82. The highest BCUT2D eigenvalue weighted by molar-refractivity contribution is 5.88. The Bertz CT molecular complexity index is 1450. The minimum absolute atomic E-state index is 0.684. The summed E-state index contributed by atoms with van der Waals surface area (Å²) in [5.41, 5.74) is 6.20. The lowest BCUT2D eigenvalue weighted by atomic mass is 9.86. The number of hydrogen-bond acceptors (Lipinski definition) is 5. The van der Waals surface area contributed by atoms with Crippen molar-refractivity contribution in [2.24, 2.45) is 5.92 Å². The number of hydrogen-bond donors (Lipinski definition) is 3. The van der Waals surface area contributed by atoms with E-state index in [9.17, 15) is 0 Å². The first kappa shape index (κ1) is 22.8. The van der Waals surface area contributed by atoms with Crippen LogP contribution in [-0.2, 0) is 0 Å². The molecule has 0 saturated heterocycles. The highest BCUT2D eigenvalue weighted by atomic mass is 15.1. The zero-order valence-corrected chi connectivity index (χ0v) is 20.1. The van der Waals surface area contributed by atoms with Crippen molar-refractivity contribution in [2.45, 2.75) is 45.4 Å². The zero-order valence-electron chi connectivity index (χ0n) is 20.1. The number of allylic oxidation sites excluding steroid dienone is 2. The molecule has 0 aliphatic heterocycles. The highest BCUT2D eigenvalue weighted by Crippen LogP contribution is 2.29. The lowest BCUT2D eigenvalue weighted by molar-refractivity contribution is 0.357. The van der Waals surface area contributed by atoms with Crippen LogP contribution in [0.2, 0.25) is 0 Å². The second-order valence-corrected chi connectivity index (χ2v) is 9.24. The number of nitrogens with zero attached hydrogens (tertiary/aromatic N) is 4. The second-order valence-electron chi connectivity index (χ2n) is 9.24. The minimum atomic E-state index is 0.684. The molecule has 5 rings (SSSR count). The van der Waals surface area contributed by atoms with Crippen LogP contribution in [0.4, 0.5) is 5.69 Å². The maximum atomic E-state index is 4.69. The molecule has 0 amide bonds. The van der Waals surface area contributed by atoms with Gasteiger partial charge in [0.15, 0.2) is 5.82 Å². The summed E-state index contributed by atoms with van der Waals surface area (Å²) in [5, 5.41) is 12.9. The van der Waals surface area contributed by atoms with Gasteiger partial charge >= 0.3 is 0 Å². The van der Waals surface area contributed by atoms with Crippen LogP contribution in [0.5, 0.6) is 0 Å². The van der Waals surface area contributed by atoms with Crippen LogP contribution in [0.3, 0.4) is 0 Å². The first-order valence-electron chi connectivity index (χ1n) is 12.2. The molecule has 178 valence electrons. The predicted octanol–water partition coefficient (Wildman–Crippen LogP) is 4.93.